The van der Waals surface area contributed by atoms with Gasteiger partial charge in [0.05, 0.1) is 6.10 Å². The first-order chi connectivity index (χ1) is 8.65. The Morgan fingerprint density at radius 2 is 2.33 bits per heavy atom. The molecule has 0 spiro atoms. The SMILES string of the molecule is Cc1ccc(-c2ncc(CNCCC(C)O)s2)o1. The molecule has 0 amide bonds. The zero-order valence-corrected chi connectivity index (χ0v) is 11.5. The fourth-order valence-electron chi connectivity index (χ4n) is 1.58. The lowest BCUT2D eigenvalue weighted by Gasteiger charge is -2.04. The van der Waals surface area contributed by atoms with Crippen molar-refractivity contribution in [3.05, 3.63) is 29.0 Å². The Balaban J connectivity index is 1.86. The maximum Gasteiger partial charge on any atom is 0.162 e. The molecule has 2 aromatic heterocycles. The van der Waals surface area contributed by atoms with Crippen LogP contribution in [0, 0.1) is 6.92 Å². The first-order valence-corrected chi connectivity index (χ1v) is 6.87. The number of hydrogen-bond acceptors (Lipinski definition) is 5. The highest BCUT2D eigenvalue weighted by Gasteiger charge is 2.08. The van der Waals surface area contributed by atoms with Gasteiger partial charge in [0.15, 0.2) is 10.8 Å². The molecule has 0 bridgehead atoms. The fourth-order valence-corrected chi connectivity index (χ4v) is 2.42. The summed E-state index contributed by atoms with van der Waals surface area (Å²) in [7, 11) is 0. The molecule has 0 aromatic carbocycles. The summed E-state index contributed by atoms with van der Waals surface area (Å²) in [5, 5.41) is 13.3. The van der Waals surface area contributed by atoms with Crippen LogP contribution in [0.15, 0.2) is 22.7 Å². The summed E-state index contributed by atoms with van der Waals surface area (Å²) in [5.74, 6) is 1.73. The summed E-state index contributed by atoms with van der Waals surface area (Å²) >= 11 is 1.63. The third-order valence-electron chi connectivity index (χ3n) is 2.54. The van der Waals surface area contributed by atoms with Crippen LogP contribution in [-0.4, -0.2) is 22.7 Å². The van der Waals surface area contributed by atoms with Gasteiger partial charge in [-0.2, -0.15) is 0 Å². The van der Waals surface area contributed by atoms with Crippen molar-refractivity contribution in [1.82, 2.24) is 10.3 Å². The summed E-state index contributed by atoms with van der Waals surface area (Å²) in [6.45, 7) is 5.32. The highest BCUT2D eigenvalue weighted by Crippen LogP contribution is 2.26. The van der Waals surface area contributed by atoms with E-state index >= 15 is 0 Å². The zero-order chi connectivity index (χ0) is 13.0. The first kappa shape index (κ1) is 13.3. The van der Waals surface area contributed by atoms with E-state index in [-0.39, 0.29) is 6.10 Å². The summed E-state index contributed by atoms with van der Waals surface area (Å²) in [4.78, 5) is 5.52. The van der Waals surface area contributed by atoms with Gasteiger partial charge in [-0.25, -0.2) is 4.98 Å². The molecule has 2 aromatic rings. The van der Waals surface area contributed by atoms with Gasteiger partial charge < -0.3 is 14.8 Å². The fraction of sp³-hybridized carbons (Fsp3) is 0.462. The monoisotopic (exact) mass is 266 g/mol. The van der Waals surface area contributed by atoms with Gasteiger partial charge in [-0.3, -0.25) is 0 Å². The van der Waals surface area contributed by atoms with Crippen molar-refractivity contribution in [3.8, 4) is 10.8 Å². The van der Waals surface area contributed by atoms with E-state index in [1.54, 1.807) is 18.3 Å². The molecule has 18 heavy (non-hydrogen) atoms. The van der Waals surface area contributed by atoms with Gasteiger partial charge in [0.25, 0.3) is 0 Å². The molecule has 0 aliphatic carbocycles. The van der Waals surface area contributed by atoms with E-state index in [0.717, 1.165) is 36.0 Å². The van der Waals surface area contributed by atoms with Gasteiger partial charge >= 0.3 is 0 Å². The van der Waals surface area contributed by atoms with Gasteiger partial charge in [-0.1, -0.05) is 0 Å². The summed E-state index contributed by atoms with van der Waals surface area (Å²) in [6.07, 6.45) is 2.39. The first-order valence-electron chi connectivity index (χ1n) is 6.05. The topological polar surface area (TPSA) is 58.3 Å². The Labute approximate surface area is 111 Å². The van der Waals surface area contributed by atoms with E-state index in [1.807, 2.05) is 25.3 Å². The van der Waals surface area contributed by atoms with E-state index in [1.165, 1.54) is 4.88 Å². The number of nitrogens with zero attached hydrogens (tertiary/aromatic N) is 1. The maximum absolute atomic E-state index is 9.14. The highest BCUT2D eigenvalue weighted by molar-refractivity contribution is 7.14. The van der Waals surface area contributed by atoms with Crippen molar-refractivity contribution in [2.45, 2.75) is 32.9 Å². The largest absolute Gasteiger partial charge is 0.459 e. The van der Waals surface area contributed by atoms with Gasteiger partial charge in [-0.05, 0) is 38.9 Å². The van der Waals surface area contributed by atoms with E-state index in [4.69, 9.17) is 9.52 Å². The molecule has 0 aliphatic rings. The summed E-state index contributed by atoms with van der Waals surface area (Å²) in [5.41, 5.74) is 0. The number of furan rings is 1. The Hall–Kier alpha value is -1.17. The molecule has 0 saturated carbocycles. The third kappa shape index (κ3) is 3.66. The average Bonchev–Trinajstić information content (AvgIpc) is 2.93. The van der Waals surface area contributed by atoms with Gasteiger partial charge in [0.2, 0.25) is 0 Å². The maximum atomic E-state index is 9.14. The number of aryl methyl sites for hydroxylation is 1. The minimum atomic E-state index is -0.249. The Kier molecular flexibility index (Phi) is 4.52. The average molecular weight is 266 g/mol. The predicted molar refractivity (Wildman–Crippen MR) is 72.6 cm³/mol. The second-order valence-corrected chi connectivity index (χ2v) is 5.47. The van der Waals surface area contributed by atoms with Crippen LogP contribution in [0.1, 0.15) is 24.0 Å². The molecule has 0 fully saturated rings. The van der Waals surface area contributed by atoms with Gasteiger partial charge in [0.1, 0.15) is 5.76 Å². The van der Waals surface area contributed by atoms with Crippen LogP contribution in [-0.2, 0) is 6.54 Å². The van der Waals surface area contributed by atoms with E-state index in [9.17, 15) is 0 Å². The Morgan fingerprint density at radius 1 is 1.50 bits per heavy atom. The molecule has 5 heteroatoms. The normalized spacial score (nSPS) is 12.8. The third-order valence-corrected chi connectivity index (χ3v) is 3.55. The molecule has 98 valence electrons. The Morgan fingerprint density at radius 3 is 3.00 bits per heavy atom. The number of aromatic nitrogens is 1. The van der Waals surface area contributed by atoms with E-state index < -0.39 is 0 Å². The lowest BCUT2D eigenvalue weighted by atomic mass is 10.3. The van der Waals surface area contributed by atoms with Crippen LogP contribution in [0.2, 0.25) is 0 Å². The van der Waals surface area contributed by atoms with Crippen molar-refractivity contribution in [3.63, 3.8) is 0 Å². The van der Waals surface area contributed by atoms with Crippen LogP contribution in [0.3, 0.4) is 0 Å². The molecule has 2 rings (SSSR count). The molecular formula is C13H18N2O2S. The van der Waals surface area contributed by atoms with E-state index in [0.29, 0.717) is 0 Å². The predicted octanol–water partition coefficient (Wildman–Crippen LogP) is 2.57. The lowest BCUT2D eigenvalue weighted by Crippen LogP contribution is -2.17. The minimum Gasteiger partial charge on any atom is -0.459 e. The molecule has 0 aliphatic heterocycles. The van der Waals surface area contributed by atoms with Crippen molar-refractivity contribution in [2.75, 3.05) is 6.54 Å². The number of thiazole rings is 1. The quantitative estimate of drug-likeness (QED) is 0.789. The van der Waals surface area contributed by atoms with Crippen molar-refractivity contribution < 1.29 is 9.52 Å². The molecule has 2 N–H and O–H groups in total. The zero-order valence-electron chi connectivity index (χ0n) is 10.6. The van der Waals surface area contributed by atoms with Gasteiger partial charge in [-0.15, -0.1) is 11.3 Å². The lowest BCUT2D eigenvalue weighted by molar-refractivity contribution is 0.183. The second-order valence-electron chi connectivity index (χ2n) is 4.36. The van der Waals surface area contributed by atoms with Crippen LogP contribution >= 0.6 is 11.3 Å². The number of nitrogens with one attached hydrogen (secondary N) is 1. The standard InChI is InChI=1S/C13H18N2O2S/c1-9(16)5-6-14-7-11-8-15-13(18-11)12-4-3-10(2)17-12/h3-4,8-9,14,16H,5-7H2,1-2H3. The molecule has 4 nitrogen and oxygen atoms in total. The Bertz CT molecular complexity index is 491. The highest BCUT2D eigenvalue weighted by atomic mass is 32.1. The molecule has 2 heterocycles. The molecule has 0 radical (unpaired) electrons. The smallest absolute Gasteiger partial charge is 0.162 e. The van der Waals surface area contributed by atoms with E-state index in [2.05, 4.69) is 10.3 Å². The van der Waals surface area contributed by atoms with Crippen molar-refractivity contribution in [2.24, 2.45) is 0 Å². The van der Waals surface area contributed by atoms with Crippen molar-refractivity contribution in [1.29, 1.82) is 0 Å². The number of aliphatic hydroxyl groups excluding tert-OH is 1. The summed E-state index contributed by atoms with van der Waals surface area (Å²) < 4.78 is 5.53. The molecule has 1 atom stereocenters. The van der Waals surface area contributed by atoms with Crippen LogP contribution < -0.4 is 5.32 Å². The number of rotatable bonds is 6. The number of aliphatic hydroxyl groups is 1. The van der Waals surface area contributed by atoms with Crippen LogP contribution in [0.4, 0.5) is 0 Å². The molecular weight excluding hydrogens is 248 g/mol. The molecule has 0 saturated heterocycles. The minimum absolute atomic E-state index is 0.249. The molecule has 1 unspecified atom stereocenters. The number of hydrogen-bond donors (Lipinski definition) is 2. The second kappa shape index (κ2) is 6.13. The van der Waals surface area contributed by atoms with Crippen molar-refractivity contribution >= 4 is 11.3 Å². The van der Waals surface area contributed by atoms with Crippen LogP contribution in [0.25, 0.3) is 10.8 Å². The van der Waals surface area contributed by atoms with Gasteiger partial charge in [0, 0.05) is 17.6 Å². The van der Waals surface area contributed by atoms with Crippen LogP contribution in [0.5, 0.6) is 0 Å². The summed E-state index contributed by atoms with van der Waals surface area (Å²) in [6, 6.07) is 3.89.